The Bertz CT molecular complexity index is 953. The van der Waals surface area contributed by atoms with Crippen LogP contribution in [0.4, 0.5) is 0 Å². The van der Waals surface area contributed by atoms with Crippen molar-refractivity contribution in [2.75, 3.05) is 39.9 Å². The standard InChI is InChI=1S/C19H26N4O5S/c1-14-19(15(2)21-20-14)29(25,26)23-10-6-9-22(11-12-23)18(24)13-28-17-8-5-4-7-16(17)27-3/h4-5,7-8H,6,9-13H2,1-3H3,(H,20,21). The van der Waals surface area contributed by atoms with Crippen LogP contribution < -0.4 is 9.47 Å². The Morgan fingerprint density at radius 3 is 2.52 bits per heavy atom. The number of amides is 1. The van der Waals surface area contributed by atoms with Gasteiger partial charge in [-0.15, -0.1) is 0 Å². The predicted octanol–water partition coefficient (Wildman–Crippen LogP) is 1.34. The molecule has 1 aliphatic rings. The molecule has 1 saturated heterocycles. The number of methoxy groups -OCH3 is 1. The van der Waals surface area contributed by atoms with Crippen LogP contribution in [-0.2, 0) is 14.8 Å². The first kappa shape index (κ1) is 21.1. The number of carbonyl (C=O) groups excluding carboxylic acids is 1. The van der Waals surface area contributed by atoms with Crippen LogP contribution in [0.3, 0.4) is 0 Å². The van der Waals surface area contributed by atoms with Crippen molar-refractivity contribution in [3.63, 3.8) is 0 Å². The van der Waals surface area contributed by atoms with E-state index in [0.29, 0.717) is 48.9 Å². The lowest BCUT2D eigenvalue weighted by atomic mass is 10.3. The van der Waals surface area contributed by atoms with Crippen LogP contribution >= 0.6 is 0 Å². The molecule has 1 aromatic heterocycles. The van der Waals surface area contributed by atoms with Crippen molar-refractivity contribution in [3.05, 3.63) is 35.7 Å². The number of nitrogens with one attached hydrogen (secondary N) is 1. The minimum Gasteiger partial charge on any atom is -0.493 e. The average molecular weight is 423 g/mol. The van der Waals surface area contributed by atoms with E-state index in [1.54, 1.807) is 36.9 Å². The molecule has 10 heteroatoms. The van der Waals surface area contributed by atoms with Crippen LogP contribution in [0, 0.1) is 13.8 Å². The molecule has 2 aromatic rings. The molecule has 0 bridgehead atoms. The van der Waals surface area contributed by atoms with Crippen molar-refractivity contribution < 1.29 is 22.7 Å². The molecule has 0 atom stereocenters. The number of rotatable bonds is 6. The van der Waals surface area contributed by atoms with Gasteiger partial charge in [-0.2, -0.15) is 9.40 Å². The van der Waals surface area contributed by atoms with Crippen LogP contribution in [0.2, 0.25) is 0 Å². The number of aromatic nitrogens is 2. The van der Waals surface area contributed by atoms with Crippen LogP contribution in [0.25, 0.3) is 0 Å². The zero-order chi connectivity index (χ0) is 21.0. The Balaban J connectivity index is 1.63. The predicted molar refractivity (Wildman–Crippen MR) is 107 cm³/mol. The number of H-pyrrole nitrogens is 1. The van der Waals surface area contributed by atoms with Crippen LogP contribution in [0.1, 0.15) is 17.8 Å². The molecule has 2 heterocycles. The fraction of sp³-hybridized carbons (Fsp3) is 0.474. The zero-order valence-corrected chi connectivity index (χ0v) is 17.7. The number of hydrogen-bond acceptors (Lipinski definition) is 6. The van der Waals surface area contributed by atoms with Crippen molar-refractivity contribution in [1.82, 2.24) is 19.4 Å². The van der Waals surface area contributed by atoms with Crippen molar-refractivity contribution in [3.8, 4) is 11.5 Å². The summed E-state index contributed by atoms with van der Waals surface area (Å²) < 4.78 is 38.3. The second-order valence-corrected chi connectivity index (χ2v) is 8.72. The second kappa shape index (κ2) is 8.83. The molecular weight excluding hydrogens is 396 g/mol. The second-order valence-electron chi connectivity index (χ2n) is 6.84. The summed E-state index contributed by atoms with van der Waals surface area (Å²) in [5.74, 6) is 0.860. The van der Waals surface area contributed by atoms with Gasteiger partial charge >= 0.3 is 0 Å². The summed E-state index contributed by atoms with van der Waals surface area (Å²) >= 11 is 0. The minimum atomic E-state index is -3.66. The number of benzene rings is 1. The molecular formula is C19H26N4O5S. The maximum atomic E-state index is 13.0. The molecule has 158 valence electrons. The highest BCUT2D eigenvalue weighted by atomic mass is 32.2. The molecule has 0 saturated carbocycles. The SMILES string of the molecule is COc1ccccc1OCC(=O)N1CCCN(S(=O)(=O)c2c(C)n[nH]c2C)CC1. The van der Waals surface area contributed by atoms with Gasteiger partial charge in [0.05, 0.1) is 18.5 Å². The number of para-hydroxylation sites is 2. The van der Waals surface area contributed by atoms with E-state index >= 15 is 0 Å². The monoisotopic (exact) mass is 422 g/mol. The molecule has 0 unspecified atom stereocenters. The lowest BCUT2D eigenvalue weighted by Crippen LogP contribution is -2.39. The molecule has 1 aliphatic heterocycles. The third-order valence-corrected chi connectivity index (χ3v) is 7.05. The van der Waals surface area contributed by atoms with Crippen molar-refractivity contribution in [1.29, 1.82) is 0 Å². The lowest BCUT2D eigenvalue weighted by molar-refractivity contribution is -0.133. The van der Waals surface area contributed by atoms with Gasteiger partial charge in [-0.3, -0.25) is 9.89 Å². The first-order chi connectivity index (χ1) is 13.8. The van der Waals surface area contributed by atoms with Gasteiger partial charge in [-0.05, 0) is 32.4 Å². The Hall–Kier alpha value is -2.59. The number of hydrogen-bond donors (Lipinski definition) is 1. The van der Waals surface area contributed by atoms with E-state index in [-0.39, 0.29) is 24.0 Å². The third kappa shape index (κ3) is 4.54. The fourth-order valence-electron chi connectivity index (χ4n) is 3.40. The summed E-state index contributed by atoms with van der Waals surface area (Å²) in [4.78, 5) is 14.5. The zero-order valence-electron chi connectivity index (χ0n) is 16.8. The summed E-state index contributed by atoms with van der Waals surface area (Å²) in [7, 11) is -2.12. The number of sulfonamides is 1. The molecule has 1 amide bonds. The molecule has 29 heavy (non-hydrogen) atoms. The molecule has 1 N–H and O–H groups in total. The highest BCUT2D eigenvalue weighted by Gasteiger charge is 2.31. The first-order valence-corrected chi connectivity index (χ1v) is 10.8. The van der Waals surface area contributed by atoms with E-state index in [1.165, 1.54) is 11.4 Å². The summed E-state index contributed by atoms with van der Waals surface area (Å²) in [6.45, 7) is 4.59. The molecule has 3 rings (SSSR count). The number of ether oxygens (including phenoxy) is 2. The summed E-state index contributed by atoms with van der Waals surface area (Å²) in [5.41, 5.74) is 0.967. The Labute approximate surface area is 170 Å². The molecule has 0 radical (unpaired) electrons. The summed E-state index contributed by atoms with van der Waals surface area (Å²) in [5, 5.41) is 6.71. The van der Waals surface area contributed by atoms with E-state index in [1.807, 2.05) is 6.07 Å². The Morgan fingerprint density at radius 2 is 1.86 bits per heavy atom. The van der Waals surface area contributed by atoms with Gasteiger partial charge in [0, 0.05) is 26.2 Å². The molecule has 1 aromatic carbocycles. The minimum absolute atomic E-state index is 0.132. The highest BCUT2D eigenvalue weighted by Crippen LogP contribution is 2.26. The van der Waals surface area contributed by atoms with E-state index in [2.05, 4.69) is 10.2 Å². The van der Waals surface area contributed by atoms with Crippen LogP contribution in [0.5, 0.6) is 11.5 Å². The van der Waals surface area contributed by atoms with Crippen LogP contribution in [-0.4, -0.2) is 73.6 Å². The van der Waals surface area contributed by atoms with Crippen LogP contribution in [0.15, 0.2) is 29.2 Å². The molecule has 9 nitrogen and oxygen atoms in total. The van der Waals surface area contributed by atoms with Crippen molar-refractivity contribution in [2.45, 2.75) is 25.2 Å². The van der Waals surface area contributed by atoms with Gasteiger partial charge in [-0.25, -0.2) is 8.42 Å². The lowest BCUT2D eigenvalue weighted by Gasteiger charge is -2.22. The topological polar surface area (TPSA) is 105 Å². The molecule has 0 spiro atoms. The number of aryl methyl sites for hydroxylation is 2. The Kier molecular flexibility index (Phi) is 6.43. The van der Waals surface area contributed by atoms with Gasteiger partial charge in [0.25, 0.3) is 5.91 Å². The number of nitrogens with zero attached hydrogens (tertiary/aromatic N) is 3. The van der Waals surface area contributed by atoms with E-state index in [9.17, 15) is 13.2 Å². The van der Waals surface area contributed by atoms with Crippen molar-refractivity contribution >= 4 is 15.9 Å². The summed E-state index contributed by atoms with van der Waals surface area (Å²) in [6, 6.07) is 7.12. The first-order valence-electron chi connectivity index (χ1n) is 9.40. The Morgan fingerprint density at radius 1 is 1.14 bits per heavy atom. The molecule has 1 fully saturated rings. The van der Waals surface area contributed by atoms with Gasteiger partial charge in [0.15, 0.2) is 18.1 Å². The average Bonchev–Trinajstić information content (AvgIpc) is 2.91. The van der Waals surface area contributed by atoms with Gasteiger partial charge in [-0.1, -0.05) is 12.1 Å². The van der Waals surface area contributed by atoms with Gasteiger partial charge in [0.2, 0.25) is 10.0 Å². The van der Waals surface area contributed by atoms with Gasteiger partial charge in [0.1, 0.15) is 4.90 Å². The highest BCUT2D eigenvalue weighted by molar-refractivity contribution is 7.89. The van der Waals surface area contributed by atoms with Gasteiger partial charge < -0.3 is 14.4 Å². The summed E-state index contributed by atoms with van der Waals surface area (Å²) in [6.07, 6.45) is 0.551. The largest absolute Gasteiger partial charge is 0.493 e. The molecule has 0 aliphatic carbocycles. The van der Waals surface area contributed by atoms with E-state index < -0.39 is 10.0 Å². The van der Waals surface area contributed by atoms with E-state index in [0.717, 1.165) is 0 Å². The van der Waals surface area contributed by atoms with E-state index in [4.69, 9.17) is 9.47 Å². The fourth-order valence-corrected chi connectivity index (χ4v) is 5.20. The smallest absolute Gasteiger partial charge is 0.260 e. The third-order valence-electron chi connectivity index (χ3n) is 4.89. The van der Waals surface area contributed by atoms with Crippen molar-refractivity contribution in [2.24, 2.45) is 0 Å². The number of aromatic amines is 1. The normalized spacial score (nSPS) is 15.8. The number of carbonyl (C=O) groups is 1. The maximum absolute atomic E-state index is 13.0. The maximum Gasteiger partial charge on any atom is 0.260 e. The quantitative estimate of drug-likeness (QED) is 0.753.